The number of fused-ring (bicyclic) bond motifs is 1. The van der Waals surface area contributed by atoms with E-state index in [2.05, 4.69) is 5.32 Å². The number of ketones is 1. The number of nitrogens with one attached hydrogen (secondary N) is 1. The van der Waals surface area contributed by atoms with Crippen LogP contribution in [0.25, 0.3) is 0 Å². The monoisotopic (exact) mass is 399 g/mol. The van der Waals surface area contributed by atoms with Crippen molar-refractivity contribution in [3.63, 3.8) is 0 Å². The van der Waals surface area contributed by atoms with Gasteiger partial charge in [0, 0.05) is 12.1 Å². The quantitative estimate of drug-likeness (QED) is 0.632. The van der Waals surface area contributed by atoms with Gasteiger partial charge >= 0.3 is 0 Å². The zero-order valence-corrected chi connectivity index (χ0v) is 15.7. The summed E-state index contributed by atoms with van der Waals surface area (Å²) in [4.78, 5) is 24.1. The average molecular weight is 399 g/mol. The van der Waals surface area contributed by atoms with Crippen molar-refractivity contribution >= 4 is 21.5 Å². The Morgan fingerprint density at radius 2 is 2.07 bits per heavy atom. The molecular formula is C17H21NO8S. The highest BCUT2D eigenvalue weighted by atomic mass is 32.2. The number of benzene rings is 1. The van der Waals surface area contributed by atoms with Crippen LogP contribution in [0.4, 0.5) is 0 Å². The lowest BCUT2D eigenvalue weighted by molar-refractivity contribution is -0.124. The molecular weight excluding hydrogens is 378 g/mol. The first-order valence-corrected chi connectivity index (χ1v) is 10.2. The molecule has 1 aromatic rings. The summed E-state index contributed by atoms with van der Waals surface area (Å²) < 4.78 is 33.9. The van der Waals surface area contributed by atoms with E-state index in [1.54, 1.807) is 13.8 Å². The number of aromatic hydroxyl groups is 1. The lowest BCUT2D eigenvalue weighted by Gasteiger charge is -2.32. The third kappa shape index (κ3) is 4.33. The van der Waals surface area contributed by atoms with E-state index in [9.17, 15) is 28.2 Å². The Labute approximate surface area is 156 Å². The zero-order valence-electron chi connectivity index (χ0n) is 14.9. The van der Waals surface area contributed by atoms with E-state index < -0.39 is 45.9 Å². The molecule has 9 nitrogen and oxygen atoms in total. The molecule has 1 fully saturated rings. The highest BCUT2D eigenvalue weighted by Crippen LogP contribution is 2.40. The van der Waals surface area contributed by atoms with Gasteiger partial charge in [0.05, 0.1) is 30.1 Å². The normalized spacial score (nSPS) is 25.4. The highest BCUT2D eigenvalue weighted by Gasteiger charge is 2.37. The Bertz CT molecular complexity index is 892. The summed E-state index contributed by atoms with van der Waals surface area (Å²) in [5, 5.41) is 22.2. The van der Waals surface area contributed by atoms with Gasteiger partial charge in [-0.15, -0.1) is 0 Å². The number of sulfone groups is 1. The van der Waals surface area contributed by atoms with E-state index in [0.29, 0.717) is 0 Å². The summed E-state index contributed by atoms with van der Waals surface area (Å²) in [7, 11) is -3.38. The van der Waals surface area contributed by atoms with E-state index >= 15 is 0 Å². The SMILES string of the molecule is CC1(C)CC(=O)c2c(O)cc(OCC(=O)N[C@@H]3CS(=O)(=O)C[C@@H]3O)cc2O1. The molecule has 2 atom stereocenters. The summed E-state index contributed by atoms with van der Waals surface area (Å²) in [5.41, 5.74) is -0.651. The van der Waals surface area contributed by atoms with Gasteiger partial charge in [0.25, 0.3) is 5.91 Å². The number of phenols is 1. The fourth-order valence-electron chi connectivity index (χ4n) is 3.19. The average Bonchev–Trinajstić information content (AvgIpc) is 2.75. The molecule has 3 N–H and O–H groups in total. The van der Waals surface area contributed by atoms with Gasteiger partial charge in [-0.2, -0.15) is 0 Å². The fraction of sp³-hybridized carbons (Fsp3) is 0.529. The molecule has 3 rings (SSSR count). The van der Waals surface area contributed by atoms with Crippen LogP contribution in [0.3, 0.4) is 0 Å². The van der Waals surface area contributed by atoms with Crippen molar-refractivity contribution in [2.75, 3.05) is 18.1 Å². The van der Waals surface area contributed by atoms with E-state index in [1.807, 2.05) is 0 Å². The highest BCUT2D eigenvalue weighted by molar-refractivity contribution is 7.91. The Morgan fingerprint density at radius 1 is 1.37 bits per heavy atom. The molecule has 0 bridgehead atoms. The smallest absolute Gasteiger partial charge is 0.258 e. The number of hydrogen-bond donors (Lipinski definition) is 3. The minimum Gasteiger partial charge on any atom is -0.507 e. The lowest BCUT2D eigenvalue weighted by atomic mass is 9.92. The molecule has 1 aromatic carbocycles. The molecule has 148 valence electrons. The van der Waals surface area contributed by atoms with Crippen molar-refractivity contribution in [1.82, 2.24) is 5.32 Å². The van der Waals surface area contributed by atoms with Gasteiger partial charge in [-0.25, -0.2) is 8.42 Å². The van der Waals surface area contributed by atoms with Crippen LogP contribution in [0.15, 0.2) is 12.1 Å². The van der Waals surface area contributed by atoms with Crippen molar-refractivity contribution in [2.45, 2.75) is 38.0 Å². The number of carbonyl (C=O) groups excluding carboxylic acids is 2. The number of aliphatic hydroxyl groups excluding tert-OH is 1. The summed E-state index contributed by atoms with van der Waals surface area (Å²) in [6.07, 6.45) is -1.03. The number of hydrogen-bond acceptors (Lipinski definition) is 8. The van der Waals surface area contributed by atoms with Gasteiger partial charge in [-0.1, -0.05) is 0 Å². The van der Waals surface area contributed by atoms with Crippen LogP contribution in [0, 0.1) is 0 Å². The maximum atomic E-state index is 12.2. The number of ether oxygens (including phenoxy) is 2. The summed E-state index contributed by atoms with van der Waals surface area (Å²) in [6.45, 7) is 3.03. The first kappa shape index (κ1) is 19.4. The molecule has 0 aliphatic carbocycles. The Balaban J connectivity index is 1.66. The maximum absolute atomic E-state index is 12.2. The first-order chi connectivity index (χ1) is 12.5. The van der Waals surface area contributed by atoms with E-state index in [4.69, 9.17) is 9.47 Å². The van der Waals surface area contributed by atoms with Gasteiger partial charge in [0.15, 0.2) is 22.2 Å². The van der Waals surface area contributed by atoms with Gasteiger partial charge in [0.1, 0.15) is 28.4 Å². The molecule has 0 spiro atoms. The van der Waals surface area contributed by atoms with Crippen LogP contribution in [0.2, 0.25) is 0 Å². The van der Waals surface area contributed by atoms with Gasteiger partial charge in [-0.3, -0.25) is 9.59 Å². The summed E-state index contributed by atoms with van der Waals surface area (Å²) in [5.74, 6) is -1.61. The zero-order chi connectivity index (χ0) is 20.0. The third-order valence-corrected chi connectivity index (χ3v) is 6.06. The van der Waals surface area contributed by atoms with Crippen molar-refractivity contribution < 1.29 is 37.7 Å². The minimum absolute atomic E-state index is 0.0745. The third-order valence-electron chi connectivity index (χ3n) is 4.35. The largest absolute Gasteiger partial charge is 0.507 e. The standard InChI is InChI=1S/C17H21NO8S/c1-17(2)5-12(20)16-11(19)3-9(4-14(16)26-17)25-6-15(22)18-10-7-27(23,24)8-13(10)21/h3-4,10,13,19,21H,5-8H2,1-2H3,(H,18,22)/t10-,13+/m1/s1. The summed E-state index contributed by atoms with van der Waals surface area (Å²) in [6, 6.07) is 1.74. The Morgan fingerprint density at radius 3 is 2.70 bits per heavy atom. The molecule has 2 heterocycles. The van der Waals surface area contributed by atoms with Crippen molar-refractivity contribution in [1.29, 1.82) is 0 Å². The molecule has 0 saturated carbocycles. The predicted octanol–water partition coefficient (Wildman–Crippen LogP) is -0.211. The van der Waals surface area contributed by atoms with Crippen LogP contribution in [-0.4, -0.2) is 66.2 Å². The number of phenolic OH excluding ortho intramolecular Hbond substituents is 1. The van der Waals surface area contributed by atoms with E-state index in [1.165, 1.54) is 12.1 Å². The summed E-state index contributed by atoms with van der Waals surface area (Å²) >= 11 is 0. The molecule has 0 unspecified atom stereocenters. The molecule has 0 aromatic heterocycles. The second-order valence-corrected chi connectivity index (χ2v) is 9.54. The van der Waals surface area contributed by atoms with Crippen LogP contribution < -0.4 is 14.8 Å². The Kier molecular flexibility index (Phi) is 4.81. The van der Waals surface area contributed by atoms with Crippen molar-refractivity contribution in [2.24, 2.45) is 0 Å². The van der Waals surface area contributed by atoms with Crippen molar-refractivity contribution in [3.05, 3.63) is 17.7 Å². The van der Waals surface area contributed by atoms with Crippen LogP contribution in [0.5, 0.6) is 17.2 Å². The lowest BCUT2D eigenvalue weighted by Crippen LogP contribution is -2.44. The van der Waals surface area contributed by atoms with Crippen LogP contribution in [0.1, 0.15) is 30.6 Å². The topological polar surface area (TPSA) is 139 Å². The van der Waals surface area contributed by atoms with Crippen molar-refractivity contribution in [3.8, 4) is 17.2 Å². The van der Waals surface area contributed by atoms with Gasteiger partial charge in [0.2, 0.25) is 0 Å². The second-order valence-electron chi connectivity index (χ2n) is 7.38. The first-order valence-electron chi connectivity index (χ1n) is 8.36. The molecule has 10 heteroatoms. The number of rotatable bonds is 4. The molecule has 1 amide bonds. The molecule has 27 heavy (non-hydrogen) atoms. The number of carbonyl (C=O) groups is 2. The second kappa shape index (κ2) is 6.68. The molecule has 0 radical (unpaired) electrons. The van der Waals surface area contributed by atoms with E-state index in [0.717, 1.165) is 0 Å². The number of aliphatic hydroxyl groups is 1. The van der Waals surface area contributed by atoms with Gasteiger partial charge < -0.3 is 25.0 Å². The van der Waals surface area contributed by atoms with Crippen LogP contribution in [-0.2, 0) is 14.6 Å². The minimum atomic E-state index is -3.38. The molecule has 1 saturated heterocycles. The number of amides is 1. The Hall–Kier alpha value is -2.33. The molecule has 2 aliphatic rings. The fourth-order valence-corrected chi connectivity index (χ4v) is 4.93. The van der Waals surface area contributed by atoms with E-state index in [-0.39, 0.29) is 40.8 Å². The van der Waals surface area contributed by atoms with Gasteiger partial charge in [-0.05, 0) is 13.8 Å². The molecule has 2 aliphatic heterocycles. The maximum Gasteiger partial charge on any atom is 0.258 e. The number of Topliss-reactive ketones (excluding diaryl/α,β-unsaturated/α-hetero) is 1. The predicted molar refractivity (Wildman–Crippen MR) is 93.8 cm³/mol. The van der Waals surface area contributed by atoms with Crippen LogP contribution >= 0.6 is 0 Å².